The van der Waals surface area contributed by atoms with Gasteiger partial charge < -0.3 is 9.05 Å². The minimum absolute atomic E-state index is 0.429. The Kier molecular flexibility index (Phi) is 8.07. The largest absolute Gasteiger partial charge is 0.330 e. The maximum atomic E-state index is 11.8. The highest BCUT2D eigenvalue weighted by Crippen LogP contribution is 2.48. The van der Waals surface area contributed by atoms with Gasteiger partial charge in [0.1, 0.15) is 0 Å². The molecule has 0 bridgehead atoms. The van der Waals surface area contributed by atoms with E-state index >= 15 is 0 Å². The monoisotopic (exact) mass is 228 g/mol. The molecule has 0 spiro atoms. The van der Waals surface area contributed by atoms with Crippen LogP contribution in [0.1, 0.15) is 26.7 Å². The maximum Gasteiger partial charge on any atom is 0.330 e. The lowest BCUT2D eigenvalue weighted by atomic mass is 10.4. The molecule has 0 amide bonds. The van der Waals surface area contributed by atoms with E-state index in [1.54, 1.807) is 0 Å². The standard InChI is InChI=1S/C8H18ClO3P/c1-3-11-13(10,12-4-2)8-6-5-7-9/h3-8H2,1-2H3. The molecule has 13 heavy (non-hydrogen) atoms. The van der Waals surface area contributed by atoms with Crippen LogP contribution in [0.15, 0.2) is 0 Å². The number of hydrogen-bond acceptors (Lipinski definition) is 3. The molecule has 80 valence electrons. The van der Waals surface area contributed by atoms with Crippen molar-refractivity contribution >= 4 is 19.2 Å². The van der Waals surface area contributed by atoms with Crippen LogP contribution in [0.5, 0.6) is 0 Å². The molecule has 0 N–H and O–H groups in total. The highest BCUT2D eigenvalue weighted by Gasteiger charge is 2.22. The first-order valence-electron chi connectivity index (χ1n) is 4.62. The van der Waals surface area contributed by atoms with E-state index < -0.39 is 7.60 Å². The molecule has 0 aliphatic carbocycles. The van der Waals surface area contributed by atoms with Crippen molar-refractivity contribution in [2.75, 3.05) is 25.3 Å². The lowest BCUT2D eigenvalue weighted by molar-refractivity contribution is 0.219. The summed E-state index contributed by atoms with van der Waals surface area (Å²) in [4.78, 5) is 0. The third-order valence-electron chi connectivity index (χ3n) is 1.47. The second-order valence-electron chi connectivity index (χ2n) is 2.57. The van der Waals surface area contributed by atoms with Gasteiger partial charge in [0.2, 0.25) is 0 Å². The molecule has 0 aromatic heterocycles. The van der Waals surface area contributed by atoms with Gasteiger partial charge in [-0.25, -0.2) is 0 Å². The molecule has 5 heteroatoms. The van der Waals surface area contributed by atoms with Crippen LogP contribution in [-0.2, 0) is 13.6 Å². The van der Waals surface area contributed by atoms with Crippen molar-refractivity contribution < 1.29 is 13.6 Å². The lowest BCUT2D eigenvalue weighted by Gasteiger charge is -2.16. The molecular formula is C8H18ClO3P. The Bertz CT molecular complexity index is 153. The van der Waals surface area contributed by atoms with Gasteiger partial charge in [0.25, 0.3) is 0 Å². The predicted octanol–water partition coefficient (Wildman–Crippen LogP) is 3.27. The normalized spacial score (nSPS) is 11.9. The summed E-state index contributed by atoms with van der Waals surface area (Å²) in [6, 6.07) is 0. The van der Waals surface area contributed by atoms with E-state index in [9.17, 15) is 4.57 Å². The minimum Gasteiger partial charge on any atom is -0.309 e. The molecule has 0 radical (unpaired) electrons. The van der Waals surface area contributed by atoms with E-state index in [0.29, 0.717) is 25.3 Å². The highest BCUT2D eigenvalue weighted by molar-refractivity contribution is 7.53. The third-order valence-corrected chi connectivity index (χ3v) is 3.90. The molecule has 0 saturated carbocycles. The number of halogens is 1. The molecule has 0 atom stereocenters. The van der Waals surface area contributed by atoms with E-state index in [-0.39, 0.29) is 0 Å². The van der Waals surface area contributed by atoms with Crippen LogP contribution in [0.25, 0.3) is 0 Å². The summed E-state index contributed by atoms with van der Waals surface area (Å²) in [7, 11) is -2.81. The first-order chi connectivity index (χ1) is 6.18. The first-order valence-corrected chi connectivity index (χ1v) is 6.89. The second-order valence-corrected chi connectivity index (χ2v) is 5.13. The van der Waals surface area contributed by atoms with Crippen molar-refractivity contribution in [2.45, 2.75) is 26.7 Å². The van der Waals surface area contributed by atoms with Crippen LogP contribution in [0.2, 0.25) is 0 Å². The Labute approximate surface area is 85.3 Å². The summed E-state index contributed by atoms with van der Waals surface area (Å²) < 4.78 is 22.0. The predicted molar refractivity (Wildman–Crippen MR) is 55.7 cm³/mol. The fraction of sp³-hybridized carbons (Fsp3) is 1.00. The number of alkyl halides is 1. The molecule has 0 aliphatic heterocycles. The minimum atomic E-state index is -2.81. The van der Waals surface area contributed by atoms with Crippen LogP contribution < -0.4 is 0 Å². The molecular weight excluding hydrogens is 211 g/mol. The number of hydrogen-bond donors (Lipinski definition) is 0. The Morgan fingerprint density at radius 1 is 1.15 bits per heavy atom. The maximum absolute atomic E-state index is 11.8. The summed E-state index contributed by atoms with van der Waals surface area (Å²) in [5, 5.41) is 0. The van der Waals surface area contributed by atoms with Crippen molar-refractivity contribution in [2.24, 2.45) is 0 Å². The van der Waals surface area contributed by atoms with Gasteiger partial charge in [0, 0.05) is 5.88 Å². The lowest BCUT2D eigenvalue weighted by Crippen LogP contribution is -2.00. The van der Waals surface area contributed by atoms with Crippen LogP contribution >= 0.6 is 19.2 Å². The van der Waals surface area contributed by atoms with Crippen LogP contribution in [0.4, 0.5) is 0 Å². The zero-order valence-electron chi connectivity index (χ0n) is 8.29. The fourth-order valence-electron chi connectivity index (χ4n) is 0.960. The zero-order valence-corrected chi connectivity index (χ0v) is 9.94. The molecule has 0 saturated heterocycles. The SMILES string of the molecule is CCOP(=O)(CCCCCl)OCC. The zero-order chi connectivity index (χ0) is 10.2. The fourth-order valence-corrected chi connectivity index (χ4v) is 2.88. The van der Waals surface area contributed by atoms with E-state index in [1.807, 2.05) is 13.8 Å². The molecule has 0 aliphatic rings. The van der Waals surface area contributed by atoms with Crippen molar-refractivity contribution in [1.29, 1.82) is 0 Å². The summed E-state index contributed by atoms with van der Waals surface area (Å²) in [6.07, 6.45) is 2.12. The first kappa shape index (κ1) is 13.4. The van der Waals surface area contributed by atoms with Gasteiger partial charge in [0.15, 0.2) is 0 Å². The molecule has 0 fully saturated rings. The molecule has 3 nitrogen and oxygen atoms in total. The molecule has 0 aromatic rings. The van der Waals surface area contributed by atoms with Crippen LogP contribution in [0, 0.1) is 0 Å². The van der Waals surface area contributed by atoms with Gasteiger partial charge in [0.05, 0.1) is 19.4 Å². The van der Waals surface area contributed by atoms with Gasteiger partial charge >= 0.3 is 7.60 Å². The topological polar surface area (TPSA) is 35.5 Å². The van der Waals surface area contributed by atoms with Crippen molar-refractivity contribution in [3.8, 4) is 0 Å². The smallest absolute Gasteiger partial charge is 0.309 e. The van der Waals surface area contributed by atoms with E-state index in [4.69, 9.17) is 20.6 Å². The quantitative estimate of drug-likeness (QED) is 0.363. The van der Waals surface area contributed by atoms with Crippen molar-refractivity contribution in [3.63, 3.8) is 0 Å². The second kappa shape index (κ2) is 7.81. The van der Waals surface area contributed by atoms with Gasteiger partial charge in [-0.05, 0) is 26.7 Å². The average Bonchev–Trinajstić information content (AvgIpc) is 2.05. The summed E-state index contributed by atoms with van der Waals surface area (Å²) in [5.41, 5.74) is 0. The average molecular weight is 229 g/mol. The van der Waals surface area contributed by atoms with Gasteiger partial charge in [-0.15, -0.1) is 11.6 Å². The molecule has 0 unspecified atom stereocenters. The molecule has 0 heterocycles. The van der Waals surface area contributed by atoms with Crippen molar-refractivity contribution in [1.82, 2.24) is 0 Å². The Hall–Kier alpha value is 0.440. The highest BCUT2D eigenvalue weighted by atomic mass is 35.5. The van der Waals surface area contributed by atoms with Gasteiger partial charge in [-0.3, -0.25) is 4.57 Å². The Balaban J connectivity index is 3.85. The van der Waals surface area contributed by atoms with Crippen LogP contribution in [0.3, 0.4) is 0 Å². The van der Waals surface area contributed by atoms with E-state index in [1.165, 1.54) is 0 Å². The van der Waals surface area contributed by atoms with Gasteiger partial charge in [-0.1, -0.05) is 0 Å². The summed E-state index contributed by atoms with van der Waals surface area (Å²) in [5.74, 6) is 0.595. The van der Waals surface area contributed by atoms with Crippen molar-refractivity contribution in [3.05, 3.63) is 0 Å². The molecule has 0 aromatic carbocycles. The third kappa shape index (κ3) is 6.50. The Morgan fingerprint density at radius 3 is 2.08 bits per heavy atom. The number of unbranched alkanes of at least 4 members (excludes halogenated alkanes) is 1. The van der Waals surface area contributed by atoms with E-state index in [2.05, 4.69) is 0 Å². The van der Waals surface area contributed by atoms with E-state index in [0.717, 1.165) is 12.8 Å². The van der Waals surface area contributed by atoms with Crippen LogP contribution in [-0.4, -0.2) is 25.3 Å². The van der Waals surface area contributed by atoms with Gasteiger partial charge in [-0.2, -0.15) is 0 Å². The Morgan fingerprint density at radius 2 is 1.69 bits per heavy atom. The summed E-state index contributed by atoms with van der Waals surface area (Å²) >= 11 is 5.51. The summed E-state index contributed by atoms with van der Waals surface area (Å²) in [6.45, 7) is 4.48. The molecule has 0 rings (SSSR count). The number of rotatable bonds is 8.